The number of benzene rings is 2. The Morgan fingerprint density at radius 3 is 2.92 bits per heavy atom. The molecule has 1 fully saturated rings. The third kappa shape index (κ3) is 3.29. The van der Waals surface area contributed by atoms with Gasteiger partial charge in [-0.2, -0.15) is 0 Å². The van der Waals surface area contributed by atoms with Gasteiger partial charge in [-0.15, -0.1) is 0 Å². The smallest absolute Gasteiger partial charge is 0.254 e. The van der Waals surface area contributed by atoms with Gasteiger partial charge in [-0.25, -0.2) is 4.98 Å². The summed E-state index contributed by atoms with van der Waals surface area (Å²) < 4.78 is 11.5. The number of aromatic nitrogens is 2. The van der Waals surface area contributed by atoms with Crippen LogP contribution in [0.5, 0.6) is 0 Å². The Bertz CT molecular complexity index is 949. The molecule has 1 aromatic heterocycles. The minimum atomic E-state index is -0.926. The second-order valence-electron chi connectivity index (χ2n) is 6.71. The van der Waals surface area contributed by atoms with Crippen LogP contribution < -0.4 is 0 Å². The number of fused-ring (bicyclic) bond motifs is 1. The molecular formula is C20H21N3O2S. The first kappa shape index (κ1) is 17.0. The van der Waals surface area contributed by atoms with Crippen LogP contribution in [0.1, 0.15) is 40.6 Å². The SMILES string of the molecule is C[S@](=O)Cc1cccc(C(=O)N2CCC[C@H]2c2nc3ccccc3[nH]2)c1. The maximum absolute atomic E-state index is 13.1. The lowest BCUT2D eigenvalue weighted by molar-refractivity contribution is 0.0730. The van der Waals surface area contributed by atoms with Gasteiger partial charge in [0.1, 0.15) is 5.82 Å². The van der Waals surface area contributed by atoms with E-state index >= 15 is 0 Å². The molecule has 1 amide bonds. The molecule has 1 aliphatic rings. The Balaban J connectivity index is 1.61. The number of rotatable bonds is 4. The monoisotopic (exact) mass is 367 g/mol. The maximum atomic E-state index is 13.1. The van der Waals surface area contributed by atoms with Crippen molar-refractivity contribution in [2.24, 2.45) is 0 Å². The number of carbonyl (C=O) groups is 1. The van der Waals surface area contributed by atoms with Gasteiger partial charge in [0.05, 0.1) is 17.1 Å². The number of hydrogen-bond acceptors (Lipinski definition) is 3. The van der Waals surface area contributed by atoms with Crippen molar-refractivity contribution < 1.29 is 9.00 Å². The number of aromatic amines is 1. The van der Waals surface area contributed by atoms with Gasteiger partial charge in [0, 0.05) is 34.9 Å². The quantitative estimate of drug-likeness (QED) is 0.768. The zero-order chi connectivity index (χ0) is 18.1. The second-order valence-corrected chi connectivity index (χ2v) is 8.15. The second kappa shape index (κ2) is 7.03. The minimum Gasteiger partial charge on any atom is -0.340 e. The standard InChI is InChI=1S/C20H21N3O2S/c1-26(25)13-14-6-4-7-15(12-14)20(24)23-11-5-10-18(23)19-21-16-8-2-3-9-17(16)22-19/h2-4,6-9,12,18H,5,10-11,13H2,1H3,(H,21,22)/t18-,26-/m0/s1. The fraction of sp³-hybridized carbons (Fsp3) is 0.300. The van der Waals surface area contributed by atoms with Crippen LogP contribution in [0.3, 0.4) is 0 Å². The van der Waals surface area contributed by atoms with Crippen molar-refractivity contribution >= 4 is 27.7 Å². The fourth-order valence-electron chi connectivity index (χ4n) is 3.62. The molecule has 5 nitrogen and oxygen atoms in total. The summed E-state index contributed by atoms with van der Waals surface area (Å²) in [5, 5.41) is 0. The Morgan fingerprint density at radius 2 is 2.12 bits per heavy atom. The lowest BCUT2D eigenvalue weighted by atomic mass is 10.1. The summed E-state index contributed by atoms with van der Waals surface area (Å²) in [4.78, 5) is 23.0. The lowest BCUT2D eigenvalue weighted by Crippen LogP contribution is -2.31. The van der Waals surface area contributed by atoms with Crippen molar-refractivity contribution in [1.29, 1.82) is 0 Å². The number of nitrogens with zero attached hydrogens (tertiary/aromatic N) is 2. The number of likely N-dealkylation sites (tertiary alicyclic amines) is 1. The number of hydrogen-bond donors (Lipinski definition) is 1. The van der Waals surface area contributed by atoms with E-state index in [1.807, 2.05) is 53.4 Å². The predicted octanol–water partition coefficient (Wildman–Crippen LogP) is 3.42. The molecule has 1 saturated heterocycles. The highest BCUT2D eigenvalue weighted by atomic mass is 32.2. The molecule has 3 aromatic rings. The highest BCUT2D eigenvalue weighted by Crippen LogP contribution is 2.32. The maximum Gasteiger partial charge on any atom is 0.254 e. The first-order valence-electron chi connectivity index (χ1n) is 8.76. The molecule has 0 unspecified atom stereocenters. The molecule has 134 valence electrons. The highest BCUT2D eigenvalue weighted by molar-refractivity contribution is 7.83. The Kier molecular flexibility index (Phi) is 4.59. The fourth-order valence-corrected chi connectivity index (χ4v) is 4.27. The van der Waals surface area contributed by atoms with E-state index in [1.54, 1.807) is 6.26 Å². The van der Waals surface area contributed by atoms with Gasteiger partial charge in [0.15, 0.2) is 0 Å². The molecule has 1 N–H and O–H groups in total. The van der Waals surface area contributed by atoms with Crippen LogP contribution in [-0.4, -0.2) is 37.8 Å². The molecule has 6 heteroatoms. The summed E-state index contributed by atoms with van der Waals surface area (Å²) in [6.07, 6.45) is 3.54. The van der Waals surface area contributed by atoms with Crippen LogP contribution in [-0.2, 0) is 16.6 Å². The molecule has 4 rings (SSSR count). The van der Waals surface area contributed by atoms with E-state index in [0.717, 1.165) is 41.8 Å². The van der Waals surface area contributed by atoms with E-state index in [4.69, 9.17) is 0 Å². The lowest BCUT2D eigenvalue weighted by Gasteiger charge is -2.23. The van der Waals surface area contributed by atoms with E-state index in [9.17, 15) is 9.00 Å². The number of para-hydroxylation sites is 2. The van der Waals surface area contributed by atoms with Gasteiger partial charge in [-0.05, 0) is 42.7 Å². The topological polar surface area (TPSA) is 66.1 Å². The van der Waals surface area contributed by atoms with Gasteiger partial charge in [-0.1, -0.05) is 24.3 Å². The zero-order valence-corrected chi connectivity index (χ0v) is 15.5. The predicted molar refractivity (Wildman–Crippen MR) is 103 cm³/mol. The Labute approximate surface area is 154 Å². The van der Waals surface area contributed by atoms with Crippen molar-refractivity contribution in [3.8, 4) is 0 Å². The molecule has 0 saturated carbocycles. The zero-order valence-electron chi connectivity index (χ0n) is 14.6. The minimum absolute atomic E-state index is 0.0108. The summed E-state index contributed by atoms with van der Waals surface area (Å²) >= 11 is 0. The van der Waals surface area contributed by atoms with Gasteiger partial charge < -0.3 is 9.88 Å². The van der Waals surface area contributed by atoms with E-state index < -0.39 is 10.8 Å². The van der Waals surface area contributed by atoms with Crippen molar-refractivity contribution in [1.82, 2.24) is 14.9 Å². The molecule has 0 spiro atoms. The van der Waals surface area contributed by atoms with E-state index in [1.165, 1.54) is 0 Å². The average Bonchev–Trinajstić information content (AvgIpc) is 3.27. The third-order valence-corrected chi connectivity index (χ3v) is 5.52. The first-order valence-corrected chi connectivity index (χ1v) is 10.5. The third-order valence-electron chi connectivity index (χ3n) is 4.78. The van der Waals surface area contributed by atoms with Gasteiger partial charge >= 0.3 is 0 Å². The summed E-state index contributed by atoms with van der Waals surface area (Å²) in [6.45, 7) is 0.727. The molecule has 2 atom stereocenters. The van der Waals surface area contributed by atoms with Gasteiger partial charge in [0.2, 0.25) is 0 Å². The van der Waals surface area contributed by atoms with Crippen LogP contribution >= 0.6 is 0 Å². The number of H-pyrrole nitrogens is 1. The highest BCUT2D eigenvalue weighted by Gasteiger charge is 2.32. The van der Waals surface area contributed by atoms with Gasteiger partial charge in [-0.3, -0.25) is 9.00 Å². The number of imidazole rings is 1. The molecule has 0 radical (unpaired) electrons. The van der Waals surface area contributed by atoms with Crippen molar-refractivity contribution in [3.05, 3.63) is 65.5 Å². The Morgan fingerprint density at radius 1 is 1.27 bits per heavy atom. The van der Waals surface area contributed by atoms with Crippen LogP contribution in [0.15, 0.2) is 48.5 Å². The summed E-state index contributed by atoms with van der Waals surface area (Å²) in [5.41, 5.74) is 3.50. The van der Waals surface area contributed by atoms with Crippen molar-refractivity contribution in [3.63, 3.8) is 0 Å². The van der Waals surface area contributed by atoms with E-state index in [0.29, 0.717) is 11.3 Å². The van der Waals surface area contributed by atoms with Crippen molar-refractivity contribution in [2.45, 2.75) is 24.6 Å². The summed E-state index contributed by atoms with van der Waals surface area (Å²) in [5.74, 6) is 1.33. The largest absolute Gasteiger partial charge is 0.340 e. The molecule has 2 aromatic carbocycles. The van der Waals surface area contributed by atoms with Crippen LogP contribution in [0.4, 0.5) is 0 Å². The molecular weight excluding hydrogens is 346 g/mol. The van der Waals surface area contributed by atoms with E-state index in [-0.39, 0.29) is 11.9 Å². The van der Waals surface area contributed by atoms with Crippen LogP contribution in [0, 0.1) is 0 Å². The summed E-state index contributed by atoms with van der Waals surface area (Å²) in [7, 11) is -0.926. The average molecular weight is 367 g/mol. The van der Waals surface area contributed by atoms with Crippen molar-refractivity contribution in [2.75, 3.05) is 12.8 Å². The first-order chi connectivity index (χ1) is 12.6. The Hall–Kier alpha value is -2.47. The summed E-state index contributed by atoms with van der Waals surface area (Å²) in [6, 6.07) is 15.4. The molecule has 0 bridgehead atoms. The molecule has 0 aliphatic carbocycles. The molecule has 26 heavy (non-hydrogen) atoms. The normalized spacial score (nSPS) is 18.3. The number of carbonyl (C=O) groups excluding carboxylic acids is 1. The van der Waals surface area contributed by atoms with Crippen LogP contribution in [0.25, 0.3) is 11.0 Å². The van der Waals surface area contributed by atoms with Gasteiger partial charge in [0.25, 0.3) is 5.91 Å². The number of amides is 1. The molecule has 1 aliphatic heterocycles. The number of nitrogens with one attached hydrogen (secondary N) is 1. The van der Waals surface area contributed by atoms with Crippen LogP contribution in [0.2, 0.25) is 0 Å². The molecule has 2 heterocycles. The van der Waals surface area contributed by atoms with E-state index in [2.05, 4.69) is 9.97 Å².